The third-order valence-electron chi connectivity index (χ3n) is 2.31. The minimum absolute atomic E-state index is 0.237. The smallest absolute Gasteiger partial charge is 0.191 e. The molecule has 0 aliphatic carbocycles. The van der Waals surface area contributed by atoms with Gasteiger partial charge >= 0.3 is 0 Å². The topological polar surface area (TPSA) is 36.4 Å². The van der Waals surface area contributed by atoms with Gasteiger partial charge in [0.1, 0.15) is 5.82 Å². The van der Waals surface area contributed by atoms with Gasteiger partial charge in [-0.2, -0.15) is 0 Å². The van der Waals surface area contributed by atoms with Gasteiger partial charge in [0.25, 0.3) is 0 Å². The Morgan fingerprint density at radius 3 is 2.72 bits per heavy atom. The second-order valence-corrected chi connectivity index (χ2v) is 4.77. The molecule has 0 aromatic heterocycles. The van der Waals surface area contributed by atoms with E-state index in [9.17, 15) is 4.39 Å². The maximum atomic E-state index is 13.6. The highest BCUT2D eigenvalue weighted by atomic mass is 79.9. The number of benzene rings is 1. The van der Waals surface area contributed by atoms with Crippen LogP contribution in [0, 0.1) is 5.82 Å². The fraction of sp³-hybridized carbons (Fsp3) is 0.462. The zero-order chi connectivity index (χ0) is 13.4. The number of hydrogen-bond donors (Lipinski definition) is 2. The maximum Gasteiger partial charge on any atom is 0.191 e. The van der Waals surface area contributed by atoms with E-state index >= 15 is 0 Å². The Balaban J connectivity index is 2.68. The first kappa shape index (κ1) is 15.0. The number of aliphatic imine (C=N–C) groups is 1. The summed E-state index contributed by atoms with van der Waals surface area (Å²) in [5.74, 6) is 0.487. The zero-order valence-corrected chi connectivity index (χ0v) is 12.3. The van der Waals surface area contributed by atoms with Crippen molar-refractivity contribution in [3.63, 3.8) is 0 Å². The number of halogens is 2. The van der Waals surface area contributed by atoms with Gasteiger partial charge in [-0.25, -0.2) is 9.38 Å². The highest BCUT2D eigenvalue weighted by molar-refractivity contribution is 9.10. The fourth-order valence-electron chi connectivity index (χ4n) is 1.40. The number of nitrogens with one attached hydrogen (secondary N) is 2. The number of rotatable bonds is 5. The molecule has 0 saturated heterocycles. The Hall–Kier alpha value is -1.10. The Morgan fingerprint density at radius 1 is 1.33 bits per heavy atom. The van der Waals surface area contributed by atoms with Crippen LogP contribution in [0.25, 0.3) is 0 Å². The normalized spacial score (nSPS) is 11.4. The Bertz CT molecular complexity index is 407. The molecule has 1 rings (SSSR count). The quantitative estimate of drug-likeness (QED) is 0.647. The molecule has 0 fully saturated rings. The van der Waals surface area contributed by atoms with E-state index in [2.05, 4.69) is 38.5 Å². The summed E-state index contributed by atoms with van der Waals surface area (Å²) in [5, 5.41) is 6.30. The van der Waals surface area contributed by atoms with Gasteiger partial charge in [0.05, 0.1) is 6.54 Å². The van der Waals surface area contributed by atoms with Crippen LogP contribution < -0.4 is 10.6 Å². The van der Waals surface area contributed by atoms with E-state index < -0.39 is 0 Å². The second kappa shape index (κ2) is 8.08. The minimum Gasteiger partial charge on any atom is -0.357 e. The largest absolute Gasteiger partial charge is 0.357 e. The predicted octanol–water partition coefficient (Wildman–Crippen LogP) is 3.05. The summed E-state index contributed by atoms with van der Waals surface area (Å²) in [6.45, 7) is 6.07. The molecular weight excluding hydrogens is 297 g/mol. The molecule has 0 bridgehead atoms. The van der Waals surface area contributed by atoms with Gasteiger partial charge in [-0.05, 0) is 25.5 Å². The molecule has 0 aliphatic rings. The minimum atomic E-state index is -0.237. The molecular formula is C13H19BrFN3. The van der Waals surface area contributed by atoms with Gasteiger partial charge in [0.15, 0.2) is 5.96 Å². The molecule has 2 N–H and O–H groups in total. The molecule has 0 heterocycles. The Labute approximate surface area is 116 Å². The molecule has 1 aromatic carbocycles. The van der Waals surface area contributed by atoms with Crippen molar-refractivity contribution in [2.45, 2.75) is 26.8 Å². The summed E-state index contributed by atoms with van der Waals surface area (Å²) in [6, 6.07) is 5.02. The van der Waals surface area contributed by atoms with Gasteiger partial charge in [-0.15, -0.1) is 0 Å². The van der Waals surface area contributed by atoms with Crippen molar-refractivity contribution in [1.29, 1.82) is 0 Å². The standard InChI is InChI=1S/C13H19BrFN3/c1-3-7-17-13(16-4-2)18-9-10-5-6-11(14)8-12(10)15/h5-6,8H,3-4,7,9H2,1-2H3,(H2,16,17,18). The Morgan fingerprint density at radius 2 is 2.11 bits per heavy atom. The number of guanidine groups is 1. The molecule has 0 unspecified atom stereocenters. The molecule has 1 aromatic rings. The lowest BCUT2D eigenvalue weighted by molar-refractivity contribution is 0.609. The molecule has 0 radical (unpaired) electrons. The van der Waals surface area contributed by atoms with Crippen LogP contribution in [0.15, 0.2) is 27.7 Å². The molecule has 5 heteroatoms. The molecule has 0 spiro atoms. The van der Waals surface area contributed by atoms with Crippen molar-refractivity contribution in [1.82, 2.24) is 10.6 Å². The molecule has 18 heavy (non-hydrogen) atoms. The van der Waals surface area contributed by atoms with E-state index in [1.54, 1.807) is 6.07 Å². The summed E-state index contributed by atoms with van der Waals surface area (Å²) in [6.07, 6.45) is 1.02. The lowest BCUT2D eigenvalue weighted by Gasteiger charge is -2.10. The van der Waals surface area contributed by atoms with Crippen LogP contribution in [0.3, 0.4) is 0 Å². The van der Waals surface area contributed by atoms with Crippen LogP contribution in [-0.4, -0.2) is 19.0 Å². The van der Waals surface area contributed by atoms with Gasteiger partial charge in [-0.3, -0.25) is 0 Å². The average molecular weight is 316 g/mol. The van der Waals surface area contributed by atoms with E-state index in [1.807, 2.05) is 13.0 Å². The van der Waals surface area contributed by atoms with Crippen molar-refractivity contribution >= 4 is 21.9 Å². The van der Waals surface area contributed by atoms with Crippen molar-refractivity contribution in [2.24, 2.45) is 4.99 Å². The van der Waals surface area contributed by atoms with Gasteiger partial charge < -0.3 is 10.6 Å². The predicted molar refractivity (Wildman–Crippen MR) is 77.2 cm³/mol. The van der Waals surface area contributed by atoms with Crippen LogP contribution in [0.2, 0.25) is 0 Å². The molecule has 0 atom stereocenters. The van der Waals surface area contributed by atoms with Crippen LogP contribution in [0.4, 0.5) is 4.39 Å². The number of hydrogen-bond acceptors (Lipinski definition) is 1. The molecule has 100 valence electrons. The van der Waals surface area contributed by atoms with Crippen LogP contribution in [0.5, 0.6) is 0 Å². The van der Waals surface area contributed by atoms with E-state index in [1.165, 1.54) is 6.07 Å². The summed E-state index contributed by atoms with van der Waals surface area (Å²) in [7, 11) is 0. The van der Waals surface area contributed by atoms with Crippen molar-refractivity contribution < 1.29 is 4.39 Å². The van der Waals surface area contributed by atoms with Crippen molar-refractivity contribution in [3.8, 4) is 0 Å². The molecule has 0 amide bonds. The fourth-order valence-corrected chi connectivity index (χ4v) is 1.73. The lowest BCUT2D eigenvalue weighted by atomic mass is 10.2. The third kappa shape index (κ3) is 5.04. The van der Waals surface area contributed by atoms with Crippen molar-refractivity contribution in [2.75, 3.05) is 13.1 Å². The highest BCUT2D eigenvalue weighted by Gasteiger charge is 2.02. The van der Waals surface area contributed by atoms with E-state index in [4.69, 9.17) is 0 Å². The maximum absolute atomic E-state index is 13.6. The summed E-state index contributed by atoms with van der Waals surface area (Å²) < 4.78 is 14.3. The van der Waals surface area contributed by atoms with Gasteiger partial charge in [0.2, 0.25) is 0 Å². The Kier molecular flexibility index (Phi) is 6.72. The average Bonchev–Trinajstić information content (AvgIpc) is 2.34. The molecule has 0 aliphatic heterocycles. The molecule has 3 nitrogen and oxygen atoms in total. The summed E-state index contributed by atoms with van der Waals surface area (Å²) >= 11 is 3.23. The first-order valence-corrected chi connectivity index (χ1v) is 6.92. The second-order valence-electron chi connectivity index (χ2n) is 3.86. The third-order valence-corrected chi connectivity index (χ3v) is 2.80. The first-order valence-electron chi connectivity index (χ1n) is 6.13. The van der Waals surface area contributed by atoms with Crippen LogP contribution >= 0.6 is 15.9 Å². The summed E-state index contributed by atoms with van der Waals surface area (Å²) in [5.41, 5.74) is 0.590. The van der Waals surface area contributed by atoms with Gasteiger partial charge in [-0.1, -0.05) is 28.9 Å². The van der Waals surface area contributed by atoms with E-state index in [-0.39, 0.29) is 5.82 Å². The van der Waals surface area contributed by atoms with Crippen LogP contribution in [-0.2, 0) is 6.54 Å². The summed E-state index contributed by atoms with van der Waals surface area (Å²) in [4.78, 5) is 4.35. The number of nitrogens with zero attached hydrogens (tertiary/aromatic N) is 1. The van der Waals surface area contributed by atoms with E-state index in [0.29, 0.717) is 12.1 Å². The van der Waals surface area contributed by atoms with Gasteiger partial charge in [0, 0.05) is 23.1 Å². The zero-order valence-electron chi connectivity index (χ0n) is 10.8. The molecule has 0 saturated carbocycles. The lowest BCUT2D eigenvalue weighted by Crippen LogP contribution is -2.37. The van der Waals surface area contributed by atoms with E-state index in [0.717, 1.165) is 29.9 Å². The van der Waals surface area contributed by atoms with Crippen molar-refractivity contribution in [3.05, 3.63) is 34.1 Å². The monoisotopic (exact) mass is 315 g/mol. The SMILES string of the molecule is CCCNC(=NCc1ccc(Br)cc1F)NCC. The highest BCUT2D eigenvalue weighted by Crippen LogP contribution is 2.15. The van der Waals surface area contributed by atoms with Crippen LogP contribution in [0.1, 0.15) is 25.8 Å². The first-order chi connectivity index (χ1) is 8.67.